The first-order valence-corrected chi connectivity index (χ1v) is 6.10. The maximum absolute atomic E-state index is 5.02. The topological polar surface area (TPSA) is 63.8 Å². The summed E-state index contributed by atoms with van der Waals surface area (Å²) in [6.45, 7) is 3.65. The molecule has 0 aromatic carbocycles. The third kappa shape index (κ3) is 3.39. The van der Waals surface area contributed by atoms with Gasteiger partial charge in [0, 0.05) is 24.0 Å². The highest BCUT2D eigenvalue weighted by atomic mass is 32.1. The van der Waals surface area contributed by atoms with E-state index in [0.717, 1.165) is 31.8 Å². The molecule has 16 heavy (non-hydrogen) atoms. The van der Waals surface area contributed by atoms with Crippen LogP contribution in [0.5, 0.6) is 0 Å². The maximum Gasteiger partial charge on any atom is 0.226 e. The summed E-state index contributed by atoms with van der Waals surface area (Å²) in [5.41, 5.74) is 1.85. The van der Waals surface area contributed by atoms with Gasteiger partial charge in [-0.15, -0.1) is 11.3 Å². The van der Waals surface area contributed by atoms with Crippen LogP contribution in [0.15, 0.2) is 16.2 Å². The van der Waals surface area contributed by atoms with Crippen molar-refractivity contribution in [3.05, 3.63) is 28.3 Å². The third-order valence-electron chi connectivity index (χ3n) is 2.10. The molecule has 2 heterocycles. The zero-order valence-corrected chi connectivity index (χ0v) is 9.96. The van der Waals surface area contributed by atoms with Crippen LogP contribution in [0.2, 0.25) is 0 Å². The number of nitrogens with one attached hydrogen (secondary N) is 1. The fourth-order valence-electron chi connectivity index (χ4n) is 1.35. The van der Waals surface area contributed by atoms with Crippen LogP contribution < -0.4 is 5.32 Å². The number of aromatic nitrogens is 3. The molecule has 0 unspecified atom stereocenters. The lowest BCUT2D eigenvalue weighted by molar-refractivity contribution is 0.371. The summed E-state index contributed by atoms with van der Waals surface area (Å²) < 4.78 is 5.02. The average Bonchev–Trinajstić information content (AvgIpc) is 2.89. The molecular weight excluding hydrogens is 224 g/mol. The zero-order valence-electron chi connectivity index (χ0n) is 9.14. The van der Waals surface area contributed by atoms with Gasteiger partial charge in [0.05, 0.1) is 5.51 Å². The minimum absolute atomic E-state index is 0.701. The largest absolute Gasteiger partial charge is 0.339 e. The van der Waals surface area contributed by atoms with Crippen molar-refractivity contribution >= 4 is 11.3 Å². The summed E-state index contributed by atoms with van der Waals surface area (Å²) in [6.07, 6.45) is 3.72. The van der Waals surface area contributed by atoms with Crippen molar-refractivity contribution in [1.82, 2.24) is 20.4 Å². The summed E-state index contributed by atoms with van der Waals surface area (Å²) in [4.78, 5) is 9.42. The average molecular weight is 238 g/mol. The molecule has 5 nitrogen and oxygen atoms in total. The highest BCUT2D eigenvalue weighted by Gasteiger charge is 2.01. The lowest BCUT2D eigenvalue weighted by Gasteiger charge is -2.00. The molecule has 0 bridgehead atoms. The van der Waals surface area contributed by atoms with E-state index in [0.29, 0.717) is 5.82 Å². The SMILES string of the molecule is Cc1noc(CCCNCc2cncs2)n1. The Balaban J connectivity index is 1.59. The van der Waals surface area contributed by atoms with Gasteiger partial charge in [0.1, 0.15) is 0 Å². The van der Waals surface area contributed by atoms with Crippen LogP contribution in [-0.2, 0) is 13.0 Å². The van der Waals surface area contributed by atoms with Crippen LogP contribution in [0.25, 0.3) is 0 Å². The predicted octanol–water partition coefficient (Wildman–Crippen LogP) is 1.56. The Morgan fingerprint density at radius 1 is 1.50 bits per heavy atom. The van der Waals surface area contributed by atoms with E-state index in [9.17, 15) is 0 Å². The number of rotatable bonds is 6. The van der Waals surface area contributed by atoms with E-state index >= 15 is 0 Å². The van der Waals surface area contributed by atoms with Gasteiger partial charge in [-0.3, -0.25) is 4.98 Å². The van der Waals surface area contributed by atoms with Gasteiger partial charge in [0.2, 0.25) is 5.89 Å². The molecule has 0 radical (unpaired) electrons. The van der Waals surface area contributed by atoms with E-state index in [2.05, 4.69) is 20.4 Å². The summed E-state index contributed by atoms with van der Waals surface area (Å²) in [5.74, 6) is 1.42. The van der Waals surface area contributed by atoms with Gasteiger partial charge < -0.3 is 9.84 Å². The fraction of sp³-hybridized carbons (Fsp3) is 0.500. The standard InChI is InChI=1S/C10H14N4OS/c1-8-13-10(15-14-8)3-2-4-11-5-9-6-12-7-16-9/h6-7,11H,2-5H2,1H3. The number of thiazole rings is 1. The monoisotopic (exact) mass is 238 g/mol. The maximum atomic E-state index is 5.02. The molecule has 1 N–H and O–H groups in total. The van der Waals surface area contributed by atoms with Crippen molar-refractivity contribution in [3.8, 4) is 0 Å². The van der Waals surface area contributed by atoms with Crippen molar-refractivity contribution < 1.29 is 4.52 Å². The molecule has 0 spiro atoms. The zero-order chi connectivity index (χ0) is 11.2. The number of aryl methyl sites for hydroxylation is 2. The summed E-state index contributed by atoms with van der Waals surface area (Å²) in [6, 6.07) is 0. The number of hydrogen-bond acceptors (Lipinski definition) is 6. The second-order valence-corrected chi connectivity index (χ2v) is 4.45. The Kier molecular flexibility index (Phi) is 4.01. The van der Waals surface area contributed by atoms with E-state index < -0.39 is 0 Å². The van der Waals surface area contributed by atoms with Crippen LogP contribution in [0.1, 0.15) is 23.0 Å². The first kappa shape index (κ1) is 11.2. The third-order valence-corrected chi connectivity index (χ3v) is 2.88. The fourth-order valence-corrected chi connectivity index (χ4v) is 1.91. The van der Waals surface area contributed by atoms with E-state index in [1.807, 2.05) is 18.6 Å². The Hall–Kier alpha value is -1.27. The smallest absolute Gasteiger partial charge is 0.226 e. The molecule has 0 fully saturated rings. The Morgan fingerprint density at radius 2 is 2.44 bits per heavy atom. The van der Waals surface area contributed by atoms with Crippen LogP contribution in [0.3, 0.4) is 0 Å². The van der Waals surface area contributed by atoms with Gasteiger partial charge in [-0.1, -0.05) is 5.16 Å². The van der Waals surface area contributed by atoms with Crippen molar-refractivity contribution in [2.75, 3.05) is 6.54 Å². The Labute approximate surface area is 97.9 Å². The van der Waals surface area contributed by atoms with E-state index in [-0.39, 0.29) is 0 Å². The van der Waals surface area contributed by atoms with Gasteiger partial charge in [0.15, 0.2) is 5.82 Å². The molecule has 0 atom stereocenters. The Bertz CT molecular complexity index is 412. The second-order valence-electron chi connectivity index (χ2n) is 3.48. The van der Waals surface area contributed by atoms with Gasteiger partial charge in [-0.2, -0.15) is 4.98 Å². The molecule has 6 heteroatoms. The summed E-state index contributed by atoms with van der Waals surface area (Å²) >= 11 is 1.67. The minimum atomic E-state index is 0.701. The van der Waals surface area contributed by atoms with Crippen LogP contribution in [-0.4, -0.2) is 21.7 Å². The highest BCUT2D eigenvalue weighted by molar-refractivity contribution is 7.09. The van der Waals surface area contributed by atoms with Gasteiger partial charge >= 0.3 is 0 Å². The van der Waals surface area contributed by atoms with Crippen molar-refractivity contribution in [2.24, 2.45) is 0 Å². The van der Waals surface area contributed by atoms with Crippen LogP contribution in [0.4, 0.5) is 0 Å². The molecule has 0 saturated carbocycles. The summed E-state index contributed by atoms with van der Waals surface area (Å²) in [5, 5.41) is 7.09. The molecule has 2 aromatic rings. The van der Waals surface area contributed by atoms with Crippen molar-refractivity contribution in [1.29, 1.82) is 0 Å². The van der Waals surface area contributed by atoms with Gasteiger partial charge in [0.25, 0.3) is 0 Å². The second kappa shape index (κ2) is 5.72. The molecular formula is C10H14N4OS. The first-order valence-electron chi connectivity index (χ1n) is 5.22. The van der Waals surface area contributed by atoms with E-state index in [1.54, 1.807) is 11.3 Å². The van der Waals surface area contributed by atoms with Gasteiger partial charge in [-0.25, -0.2) is 0 Å². The number of nitrogens with zero attached hydrogens (tertiary/aromatic N) is 3. The Morgan fingerprint density at radius 3 is 3.12 bits per heavy atom. The predicted molar refractivity (Wildman–Crippen MR) is 61.2 cm³/mol. The molecule has 0 aliphatic heterocycles. The number of hydrogen-bond donors (Lipinski definition) is 1. The van der Waals surface area contributed by atoms with Gasteiger partial charge in [-0.05, 0) is 19.9 Å². The van der Waals surface area contributed by atoms with E-state index in [1.165, 1.54) is 4.88 Å². The quantitative estimate of drug-likeness (QED) is 0.774. The molecule has 0 amide bonds. The lowest BCUT2D eigenvalue weighted by atomic mass is 10.3. The molecule has 0 aliphatic rings. The van der Waals surface area contributed by atoms with Crippen LogP contribution in [0, 0.1) is 6.92 Å². The highest BCUT2D eigenvalue weighted by Crippen LogP contribution is 2.04. The lowest BCUT2D eigenvalue weighted by Crippen LogP contribution is -2.14. The minimum Gasteiger partial charge on any atom is -0.339 e. The molecule has 0 saturated heterocycles. The van der Waals surface area contributed by atoms with Crippen LogP contribution >= 0.6 is 11.3 Å². The van der Waals surface area contributed by atoms with Crippen molar-refractivity contribution in [2.45, 2.75) is 26.3 Å². The molecule has 86 valence electrons. The van der Waals surface area contributed by atoms with E-state index in [4.69, 9.17) is 4.52 Å². The normalized spacial score (nSPS) is 10.8. The van der Waals surface area contributed by atoms with Crippen molar-refractivity contribution in [3.63, 3.8) is 0 Å². The molecule has 2 rings (SSSR count). The molecule has 0 aliphatic carbocycles. The first-order chi connectivity index (χ1) is 7.84. The summed E-state index contributed by atoms with van der Waals surface area (Å²) in [7, 11) is 0. The molecule has 2 aromatic heterocycles.